The molecule has 0 amide bonds. The molecule has 0 aliphatic carbocycles. The van der Waals surface area contributed by atoms with E-state index in [2.05, 4.69) is 10.1 Å². The Hall–Kier alpha value is -1.15. The summed E-state index contributed by atoms with van der Waals surface area (Å²) in [5.41, 5.74) is 0.859. The van der Waals surface area contributed by atoms with Gasteiger partial charge in [-0.3, -0.25) is 0 Å². The van der Waals surface area contributed by atoms with Crippen LogP contribution in [0.15, 0.2) is 23.1 Å². The number of hydrogen-bond acceptors (Lipinski definition) is 5. The first kappa shape index (κ1) is 18.9. The van der Waals surface area contributed by atoms with Gasteiger partial charge in [-0.2, -0.15) is 4.31 Å². The van der Waals surface area contributed by atoms with E-state index in [9.17, 15) is 13.2 Å². The number of hydrogen-bond donors (Lipinski definition) is 1. The van der Waals surface area contributed by atoms with Gasteiger partial charge in [0.2, 0.25) is 10.0 Å². The van der Waals surface area contributed by atoms with Gasteiger partial charge in [0.15, 0.2) is 0 Å². The molecule has 0 bridgehead atoms. The molecule has 1 fully saturated rings. The number of benzene rings is 1. The molecule has 0 radical (unpaired) electrons. The molecular formula is C14H21ClN2O4S. The molecule has 0 saturated carbocycles. The van der Waals surface area contributed by atoms with Crippen molar-refractivity contribution >= 4 is 28.4 Å². The summed E-state index contributed by atoms with van der Waals surface area (Å²) in [6.45, 7) is 5.25. The lowest BCUT2D eigenvalue weighted by molar-refractivity contribution is 0.0600. The highest BCUT2D eigenvalue weighted by molar-refractivity contribution is 7.89. The molecule has 1 saturated heterocycles. The van der Waals surface area contributed by atoms with Crippen LogP contribution >= 0.6 is 12.4 Å². The zero-order chi connectivity index (χ0) is 15.6. The van der Waals surface area contributed by atoms with Gasteiger partial charge in [-0.15, -0.1) is 12.4 Å². The molecule has 6 nitrogen and oxygen atoms in total. The topological polar surface area (TPSA) is 75.7 Å². The van der Waals surface area contributed by atoms with Gasteiger partial charge in [0.25, 0.3) is 0 Å². The van der Waals surface area contributed by atoms with E-state index in [1.165, 1.54) is 17.5 Å². The van der Waals surface area contributed by atoms with E-state index in [0.29, 0.717) is 25.2 Å². The number of nitrogens with one attached hydrogen (secondary N) is 1. The van der Waals surface area contributed by atoms with Crippen molar-refractivity contribution in [3.8, 4) is 0 Å². The molecule has 124 valence electrons. The summed E-state index contributed by atoms with van der Waals surface area (Å²) in [5, 5.41) is 3.16. The Labute approximate surface area is 137 Å². The average Bonchev–Trinajstić information content (AvgIpc) is 2.47. The fraction of sp³-hybridized carbons (Fsp3) is 0.500. The van der Waals surface area contributed by atoms with Crippen LogP contribution in [0.2, 0.25) is 0 Å². The molecule has 1 heterocycles. The van der Waals surface area contributed by atoms with Gasteiger partial charge in [-0.05, 0) is 31.5 Å². The summed E-state index contributed by atoms with van der Waals surface area (Å²) < 4.78 is 31.8. The fourth-order valence-electron chi connectivity index (χ4n) is 2.43. The summed E-state index contributed by atoms with van der Waals surface area (Å²) in [5.74, 6) is -0.542. The van der Waals surface area contributed by atoms with E-state index in [-0.39, 0.29) is 28.9 Å². The summed E-state index contributed by atoms with van der Waals surface area (Å²) in [6, 6.07) is 4.48. The van der Waals surface area contributed by atoms with Crippen molar-refractivity contribution in [3.63, 3.8) is 0 Å². The van der Waals surface area contributed by atoms with Crippen LogP contribution in [0.4, 0.5) is 0 Å². The number of ether oxygens (including phenoxy) is 1. The van der Waals surface area contributed by atoms with Crippen molar-refractivity contribution < 1.29 is 17.9 Å². The van der Waals surface area contributed by atoms with E-state index in [1.54, 1.807) is 19.1 Å². The molecule has 8 heteroatoms. The zero-order valence-electron chi connectivity index (χ0n) is 12.8. The third-order valence-corrected chi connectivity index (χ3v) is 5.79. The quantitative estimate of drug-likeness (QED) is 0.830. The number of methoxy groups -OCH3 is 1. The lowest BCUT2D eigenvalue weighted by atomic mass is 10.1. The average molecular weight is 349 g/mol. The van der Waals surface area contributed by atoms with Crippen LogP contribution in [0.5, 0.6) is 0 Å². The predicted octanol–water partition coefficient (Wildman–Crippen LogP) is 1.19. The minimum Gasteiger partial charge on any atom is -0.465 e. The normalized spacial score (nSPS) is 19.3. The molecule has 1 unspecified atom stereocenters. The number of sulfonamides is 1. The SMILES string of the molecule is COC(=O)c1ccc(C)c(S(=O)(=O)N2CCNCC2C)c1.Cl. The van der Waals surface area contributed by atoms with Crippen molar-refractivity contribution in [2.75, 3.05) is 26.7 Å². The van der Waals surface area contributed by atoms with E-state index < -0.39 is 16.0 Å². The van der Waals surface area contributed by atoms with Gasteiger partial charge in [-0.1, -0.05) is 6.07 Å². The van der Waals surface area contributed by atoms with E-state index in [0.717, 1.165) is 0 Å². The number of piperazine rings is 1. The second-order valence-electron chi connectivity index (χ2n) is 5.14. The van der Waals surface area contributed by atoms with Gasteiger partial charge >= 0.3 is 5.97 Å². The van der Waals surface area contributed by atoms with Crippen molar-refractivity contribution in [1.29, 1.82) is 0 Å². The smallest absolute Gasteiger partial charge is 0.337 e. The maximum Gasteiger partial charge on any atom is 0.337 e. The monoisotopic (exact) mass is 348 g/mol. The third-order valence-electron chi connectivity index (χ3n) is 3.64. The van der Waals surface area contributed by atoms with Crippen molar-refractivity contribution in [1.82, 2.24) is 9.62 Å². The van der Waals surface area contributed by atoms with Crippen molar-refractivity contribution in [3.05, 3.63) is 29.3 Å². The van der Waals surface area contributed by atoms with Crippen LogP contribution in [-0.4, -0.2) is 51.5 Å². The zero-order valence-corrected chi connectivity index (χ0v) is 14.5. The number of carbonyl (C=O) groups excluding carboxylic acids is 1. The summed E-state index contributed by atoms with van der Waals surface area (Å²) in [6.07, 6.45) is 0. The van der Waals surface area contributed by atoms with E-state index in [4.69, 9.17) is 0 Å². The fourth-order valence-corrected chi connectivity index (χ4v) is 4.31. The van der Waals surface area contributed by atoms with Crippen molar-refractivity contribution in [2.45, 2.75) is 24.8 Å². The molecule has 1 aromatic rings. The molecule has 1 N–H and O–H groups in total. The van der Waals surface area contributed by atoms with Gasteiger partial charge < -0.3 is 10.1 Å². The molecular weight excluding hydrogens is 328 g/mol. The minimum absolute atomic E-state index is 0. The first-order valence-corrected chi connectivity index (χ1v) is 8.23. The Morgan fingerprint density at radius 1 is 1.41 bits per heavy atom. The number of carbonyl (C=O) groups is 1. The Morgan fingerprint density at radius 3 is 2.68 bits per heavy atom. The standard InChI is InChI=1S/C14H20N2O4S.ClH/c1-10-4-5-12(14(17)20-3)8-13(10)21(18,19)16-7-6-15-9-11(16)2;/h4-5,8,11,15H,6-7,9H2,1-3H3;1H. The highest BCUT2D eigenvalue weighted by Gasteiger charge is 2.32. The van der Waals surface area contributed by atoms with Crippen LogP contribution in [0.1, 0.15) is 22.8 Å². The second kappa shape index (κ2) is 7.41. The molecule has 0 aromatic heterocycles. The molecule has 1 aromatic carbocycles. The number of halogens is 1. The first-order valence-electron chi connectivity index (χ1n) is 6.79. The number of rotatable bonds is 3. The number of esters is 1. The molecule has 1 aliphatic rings. The maximum atomic E-state index is 12.8. The highest BCUT2D eigenvalue weighted by Crippen LogP contribution is 2.24. The second-order valence-corrected chi connectivity index (χ2v) is 7.00. The van der Waals surface area contributed by atoms with Gasteiger partial charge in [-0.25, -0.2) is 13.2 Å². The summed E-state index contributed by atoms with van der Waals surface area (Å²) in [4.78, 5) is 11.8. The molecule has 0 spiro atoms. The van der Waals surface area contributed by atoms with E-state index >= 15 is 0 Å². The van der Waals surface area contributed by atoms with Crippen LogP contribution < -0.4 is 5.32 Å². The van der Waals surface area contributed by atoms with E-state index in [1.807, 2.05) is 6.92 Å². The summed E-state index contributed by atoms with van der Waals surface area (Å²) >= 11 is 0. The van der Waals surface area contributed by atoms with Crippen LogP contribution in [0, 0.1) is 6.92 Å². The molecule has 1 aliphatic heterocycles. The van der Waals surface area contributed by atoms with Gasteiger partial charge in [0.1, 0.15) is 0 Å². The Kier molecular flexibility index (Phi) is 6.37. The Morgan fingerprint density at radius 2 is 2.09 bits per heavy atom. The Balaban J connectivity index is 0.00000242. The number of aryl methyl sites for hydroxylation is 1. The highest BCUT2D eigenvalue weighted by atomic mass is 35.5. The molecule has 2 rings (SSSR count). The first-order chi connectivity index (χ1) is 9.87. The lowest BCUT2D eigenvalue weighted by Crippen LogP contribution is -2.52. The predicted molar refractivity (Wildman–Crippen MR) is 86.0 cm³/mol. The number of nitrogens with zero attached hydrogens (tertiary/aromatic N) is 1. The third kappa shape index (κ3) is 3.60. The van der Waals surface area contributed by atoms with Crippen molar-refractivity contribution in [2.24, 2.45) is 0 Å². The summed E-state index contributed by atoms with van der Waals surface area (Å²) in [7, 11) is -2.35. The molecule has 22 heavy (non-hydrogen) atoms. The minimum atomic E-state index is -3.62. The van der Waals surface area contributed by atoms with Gasteiger partial charge in [0, 0.05) is 25.7 Å². The maximum absolute atomic E-state index is 12.8. The largest absolute Gasteiger partial charge is 0.465 e. The molecule has 1 atom stereocenters. The van der Waals surface area contributed by atoms with Crippen LogP contribution in [0.3, 0.4) is 0 Å². The van der Waals surface area contributed by atoms with Crippen LogP contribution in [0.25, 0.3) is 0 Å². The Bertz CT molecular complexity index is 648. The van der Waals surface area contributed by atoms with Crippen LogP contribution in [-0.2, 0) is 14.8 Å². The lowest BCUT2D eigenvalue weighted by Gasteiger charge is -2.33. The van der Waals surface area contributed by atoms with Gasteiger partial charge in [0.05, 0.1) is 17.6 Å².